The summed E-state index contributed by atoms with van der Waals surface area (Å²) in [5, 5.41) is 1.21. The van der Waals surface area contributed by atoms with Crippen molar-refractivity contribution in [3.05, 3.63) is 0 Å². The van der Waals surface area contributed by atoms with E-state index < -0.39 is 0 Å². The van der Waals surface area contributed by atoms with Gasteiger partial charge >= 0.3 is 0 Å². The van der Waals surface area contributed by atoms with Gasteiger partial charge in [-0.2, -0.15) is 0 Å². The van der Waals surface area contributed by atoms with Gasteiger partial charge in [-0.05, 0) is 56.0 Å². The zero-order valence-corrected chi connectivity index (χ0v) is 13.1. The molecule has 0 unspecified atom stereocenters. The summed E-state index contributed by atoms with van der Waals surface area (Å²) in [6.07, 6.45) is 8.65. The third-order valence-corrected chi connectivity index (χ3v) is 6.27. The van der Waals surface area contributed by atoms with E-state index >= 15 is 0 Å². The van der Waals surface area contributed by atoms with Crippen LogP contribution in [0.3, 0.4) is 0 Å². The number of alkyl halides is 1. The van der Waals surface area contributed by atoms with E-state index in [1.807, 2.05) is 0 Å². The minimum Gasteiger partial charge on any atom is -0.303 e. The number of likely N-dealkylation sites (tertiary alicyclic amines) is 1. The molecular weight excluding hydrogens is 274 g/mol. The minimum atomic E-state index is 0.616. The highest BCUT2D eigenvalue weighted by Gasteiger charge is 2.35. The van der Waals surface area contributed by atoms with Crippen molar-refractivity contribution >= 4 is 15.9 Å². The molecule has 2 heteroatoms. The first-order valence-corrected chi connectivity index (χ1v) is 8.56. The van der Waals surface area contributed by atoms with E-state index in [9.17, 15) is 0 Å². The summed E-state index contributed by atoms with van der Waals surface area (Å²) in [6, 6.07) is 0. The van der Waals surface area contributed by atoms with Gasteiger partial charge in [0.25, 0.3) is 0 Å². The zero-order valence-electron chi connectivity index (χ0n) is 11.6. The molecule has 1 nitrogen and oxygen atoms in total. The summed E-state index contributed by atoms with van der Waals surface area (Å²) in [5.41, 5.74) is 0.616. The number of hydrogen-bond acceptors (Lipinski definition) is 1. The summed E-state index contributed by atoms with van der Waals surface area (Å²) in [4.78, 5) is 2.74. The molecule has 1 saturated carbocycles. The Morgan fingerprint density at radius 1 is 1.18 bits per heavy atom. The average molecular weight is 302 g/mol. The van der Waals surface area contributed by atoms with Crippen LogP contribution in [0.1, 0.15) is 52.4 Å². The molecule has 2 aliphatic rings. The van der Waals surface area contributed by atoms with Crippen LogP contribution in [-0.2, 0) is 0 Å². The van der Waals surface area contributed by atoms with Crippen LogP contribution in [0, 0.1) is 17.3 Å². The number of piperidine rings is 1. The lowest BCUT2D eigenvalue weighted by Crippen LogP contribution is -2.42. The SMILES string of the molecule is CC(C)C1CCN(CC2(CBr)CCCC2)CC1. The Balaban J connectivity index is 1.81. The molecular formula is C15H28BrN. The summed E-state index contributed by atoms with van der Waals surface area (Å²) >= 11 is 3.77. The van der Waals surface area contributed by atoms with Crippen molar-refractivity contribution < 1.29 is 0 Å². The van der Waals surface area contributed by atoms with E-state index in [0.717, 1.165) is 11.8 Å². The highest BCUT2D eigenvalue weighted by atomic mass is 79.9. The number of rotatable bonds is 4. The Bertz CT molecular complexity index is 225. The Morgan fingerprint density at radius 3 is 2.24 bits per heavy atom. The Kier molecular flexibility index (Phi) is 4.94. The Hall–Kier alpha value is 0.440. The van der Waals surface area contributed by atoms with Gasteiger partial charge in [0, 0.05) is 11.9 Å². The molecule has 100 valence electrons. The maximum absolute atomic E-state index is 3.77. The lowest BCUT2D eigenvalue weighted by molar-refractivity contribution is 0.111. The highest BCUT2D eigenvalue weighted by Crippen LogP contribution is 2.41. The second kappa shape index (κ2) is 6.06. The standard InChI is InChI=1S/C15H28BrN/c1-13(2)14-5-9-17(10-6-14)12-15(11-16)7-3-4-8-15/h13-14H,3-12H2,1-2H3. The van der Waals surface area contributed by atoms with Crippen molar-refractivity contribution in [2.45, 2.75) is 52.4 Å². The molecule has 0 spiro atoms. The van der Waals surface area contributed by atoms with E-state index in [0.29, 0.717) is 5.41 Å². The fourth-order valence-electron chi connectivity index (χ4n) is 3.71. The molecule has 0 N–H and O–H groups in total. The molecule has 2 rings (SSSR count). The highest BCUT2D eigenvalue weighted by molar-refractivity contribution is 9.09. The number of nitrogens with zero attached hydrogens (tertiary/aromatic N) is 1. The Labute approximate surface area is 115 Å². The quantitative estimate of drug-likeness (QED) is 0.699. The van der Waals surface area contributed by atoms with Gasteiger partial charge in [-0.3, -0.25) is 0 Å². The number of hydrogen-bond donors (Lipinski definition) is 0. The van der Waals surface area contributed by atoms with E-state index in [-0.39, 0.29) is 0 Å². The maximum atomic E-state index is 3.77. The second-order valence-electron chi connectivity index (χ2n) is 6.70. The van der Waals surface area contributed by atoms with Gasteiger partial charge in [-0.15, -0.1) is 0 Å². The van der Waals surface area contributed by atoms with Gasteiger partial charge in [-0.1, -0.05) is 42.6 Å². The van der Waals surface area contributed by atoms with Crippen molar-refractivity contribution in [2.75, 3.05) is 25.0 Å². The molecule has 0 atom stereocenters. The van der Waals surface area contributed by atoms with Gasteiger partial charge in [0.05, 0.1) is 0 Å². The molecule has 1 heterocycles. The topological polar surface area (TPSA) is 3.24 Å². The summed E-state index contributed by atoms with van der Waals surface area (Å²) in [5.74, 6) is 1.86. The second-order valence-corrected chi connectivity index (χ2v) is 7.26. The van der Waals surface area contributed by atoms with Gasteiger partial charge in [0.1, 0.15) is 0 Å². The van der Waals surface area contributed by atoms with Crippen LogP contribution in [0.4, 0.5) is 0 Å². The lowest BCUT2D eigenvalue weighted by atomic mass is 9.84. The van der Waals surface area contributed by atoms with E-state index in [1.165, 1.54) is 63.5 Å². The van der Waals surface area contributed by atoms with Crippen LogP contribution in [0.15, 0.2) is 0 Å². The third-order valence-electron chi connectivity index (χ3n) is 5.08. The minimum absolute atomic E-state index is 0.616. The van der Waals surface area contributed by atoms with Gasteiger partial charge in [0.15, 0.2) is 0 Å². The maximum Gasteiger partial charge on any atom is 0.0100 e. The molecule has 2 fully saturated rings. The third kappa shape index (κ3) is 3.47. The average Bonchev–Trinajstić information content (AvgIpc) is 2.79. The van der Waals surface area contributed by atoms with Crippen molar-refractivity contribution in [1.29, 1.82) is 0 Å². The van der Waals surface area contributed by atoms with Crippen molar-refractivity contribution in [1.82, 2.24) is 4.90 Å². The molecule has 1 aliphatic heterocycles. The monoisotopic (exact) mass is 301 g/mol. The van der Waals surface area contributed by atoms with Crippen molar-refractivity contribution in [3.63, 3.8) is 0 Å². The fraction of sp³-hybridized carbons (Fsp3) is 1.00. The molecule has 0 bridgehead atoms. The molecule has 0 amide bonds. The molecule has 0 aromatic heterocycles. The van der Waals surface area contributed by atoms with Crippen LogP contribution in [0.2, 0.25) is 0 Å². The number of halogens is 1. The van der Waals surface area contributed by atoms with Crippen LogP contribution >= 0.6 is 15.9 Å². The van der Waals surface area contributed by atoms with Crippen LogP contribution in [-0.4, -0.2) is 29.9 Å². The van der Waals surface area contributed by atoms with Crippen molar-refractivity contribution in [2.24, 2.45) is 17.3 Å². The molecule has 1 saturated heterocycles. The zero-order chi connectivity index (χ0) is 12.3. The van der Waals surface area contributed by atoms with Crippen LogP contribution < -0.4 is 0 Å². The van der Waals surface area contributed by atoms with Crippen LogP contribution in [0.5, 0.6) is 0 Å². The normalized spacial score (nSPS) is 26.8. The van der Waals surface area contributed by atoms with Crippen LogP contribution in [0.25, 0.3) is 0 Å². The molecule has 17 heavy (non-hydrogen) atoms. The Morgan fingerprint density at radius 2 is 1.76 bits per heavy atom. The van der Waals surface area contributed by atoms with Gasteiger partial charge in [0.2, 0.25) is 0 Å². The predicted molar refractivity (Wildman–Crippen MR) is 78.7 cm³/mol. The first-order valence-electron chi connectivity index (χ1n) is 7.43. The summed E-state index contributed by atoms with van der Waals surface area (Å²) in [7, 11) is 0. The fourth-order valence-corrected chi connectivity index (χ4v) is 4.45. The van der Waals surface area contributed by atoms with Gasteiger partial charge < -0.3 is 4.90 Å². The predicted octanol–water partition coefficient (Wildman–Crippen LogP) is 4.31. The van der Waals surface area contributed by atoms with E-state index in [4.69, 9.17) is 0 Å². The molecule has 1 aliphatic carbocycles. The molecule has 0 aromatic carbocycles. The smallest absolute Gasteiger partial charge is 0.0100 e. The molecule has 0 radical (unpaired) electrons. The summed E-state index contributed by atoms with van der Waals surface area (Å²) in [6.45, 7) is 8.81. The van der Waals surface area contributed by atoms with Crippen molar-refractivity contribution in [3.8, 4) is 0 Å². The van der Waals surface area contributed by atoms with Gasteiger partial charge in [-0.25, -0.2) is 0 Å². The molecule has 0 aromatic rings. The summed E-state index contributed by atoms with van der Waals surface area (Å²) < 4.78 is 0. The van der Waals surface area contributed by atoms with E-state index in [1.54, 1.807) is 0 Å². The largest absolute Gasteiger partial charge is 0.303 e. The lowest BCUT2D eigenvalue weighted by Gasteiger charge is -2.39. The van der Waals surface area contributed by atoms with E-state index in [2.05, 4.69) is 34.7 Å². The first-order chi connectivity index (χ1) is 8.15. The first kappa shape index (κ1) is 13.9.